The van der Waals surface area contributed by atoms with E-state index >= 15 is 0 Å². The first-order valence-corrected chi connectivity index (χ1v) is 7.62. The Morgan fingerprint density at radius 3 is 2.55 bits per heavy atom. The van der Waals surface area contributed by atoms with E-state index in [1.807, 2.05) is 24.3 Å². The zero-order valence-corrected chi connectivity index (χ0v) is 13.2. The fourth-order valence-electron chi connectivity index (χ4n) is 1.84. The predicted molar refractivity (Wildman–Crippen MR) is 90.9 cm³/mol. The first-order valence-electron chi connectivity index (χ1n) is 7.24. The maximum Gasteiger partial charge on any atom is 0.323 e. The minimum atomic E-state index is -0.325. The van der Waals surface area contributed by atoms with Crippen LogP contribution in [0.15, 0.2) is 48.5 Å². The van der Waals surface area contributed by atoms with Gasteiger partial charge in [-0.15, -0.1) is 0 Å². The van der Waals surface area contributed by atoms with Gasteiger partial charge >= 0.3 is 6.03 Å². The average molecular weight is 319 g/mol. The molecule has 0 aliphatic carbocycles. The summed E-state index contributed by atoms with van der Waals surface area (Å²) >= 11 is 5.81. The van der Waals surface area contributed by atoms with Gasteiger partial charge in [0.15, 0.2) is 0 Å². The van der Waals surface area contributed by atoms with Crippen LogP contribution in [0.1, 0.15) is 19.8 Å². The Morgan fingerprint density at radius 1 is 1.09 bits per heavy atom. The second-order valence-electron chi connectivity index (χ2n) is 4.78. The fraction of sp³-hybridized carbons (Fsp3) is 0.235. The van der Waals surface area contributed by atoms with Gasteiger partial charge in [0.2, 0.25) is 0 Å². The van der Waals surface area contributed by atoms with Crippen molar-refractivity contribution in [1.82, 2.24) is 0 Å². The Kier molecular flexibility index (Phi) is 6.10. The van der Waals surface area contributed by atoms with Gasteiger partial charge < -0.3 is 15.4 Å². The highest BCUT2D eigenvalue weighted by atomic mass is 35.5. The molecule has 2 aromatic carbocycles. The summed E-state index contributed by atoms with van der Waals surface area (Å²) in [5, 5.41) is 6.17. The van der Waals surface area contributed by atoms with Crippen LogP contribution in [0.2, 0.25) is 5.02 Å². The van der Waals surface area contributed by atoms with Crippen LogP contribution in [0.5, 0.6) is 5.75 Å². The van der Waals surface area contributed by atoms with Crippen molar-refractivity contribution < 1.29 is 9.53 Å². The molecule has 116 valence electrons. The standard InChI is InChI=1S/C17H19ClN2O2/c1-2-3-12-22-16-7-5-4-6-15(16)20-17(21)19-14-10-8-13(18)9-11-14/h4-11H,2-3,12H2,1H3,(H2,19,20,21). The number of anilines is 2. The van der Waals surface area contributed by atoms with E-state index in [2.05, 4.69) is 17.6 Å². The summed E-state index contributed by atoms with van der Waals surface area (Å²) in [5.41, 5.74) is 1.32. The van der Waals surface area contributed by atoms with Gasteiger partial charge in [0.1, 0.15) is 5.75 Å². The monoisotopic (exact) mass is 318 g/mol. The Labute approximate surface area is 135 Å². The molecule has 0 fully saturated rings. The summed E-state index contributed by atoms with van der Waals surface area (Å²) in [5.74, 6) is 0.669. The predicted octanol–water partition coefficient (Wildman–Crippen LogP) is 5.16. The van der Waals surface area contributed by atoms with E-state index in [0.717, 1.165) is 12.8 Å². The van der Waals surface area contributed by atoms with Gasteiger partial charge in [0.05, 0.1) is 12.3 Å². The molecule has 0 spiro atoms. The molecule has 5 heteroatoms. The van der Waals surface area contributed by atoms with Crippen molar-refractivity contribution >= 4 is 29.0 Å². The van der Waals surface area contributed by atoms with Crippen LogP contribution >= 0.6 is 11.6 Å². The van der Waals surface area contributed by atoms with Crippen LogP contribution in [0, 0.1) is 0 Å². The molecule has 2 aromatic rings. The number of amides is 2. The topological polar surface area (TPSA) is 50.4 Å². The van der Waals surface area contributed by atoms with Gasteiger partial charge in [-0.1, -0.05) is 37.1 Å². The van der Waals surface area contributed by atoms with E-state index in [0.29, 0.717) is 28.8 Å². The number of hydrogen-bond donors (Lipinski definition) is 2. The van der Waals surface area contributed by atoms with Gasteiger partial charge in [0.25, 0.3) is 0 Å². The van der Waals surface area contributed by atoms with Crippen LogP contribution in [-0.4, -0.2) is 12.6 Å². The third kappa shape index (κ3) is 4.97. The van der Waals surface area contributed by atoms with Crippen LogP contribution in [-0.2, 0) is 0 Å². The Morgan fingerprint density at radius 2 is 1.82 bits per heavy atom. The molecule has 0 radical (unpaired) electrons. The minimum absolute atomic E-state index is 0.325. The van der Waals surface area contributed by atoms with Crippen molar-refractivity contribution in [3.05, 3.63) is 53.6 Å². The first-order chi connectivity index (χ1) is 10.7. The Bertz CT molecular complexity index is 614. The molecular formula is C17H19ClN2O2. The number of para-hydroxylation sites is 2. The SMILES string of the molecule is CCCCOc1ccccc1NC(=O)Nc1ccc(Cl)cc1. The molecule has 22 heavy (non-hydrogen) atoms. The lowest BCUT2D eigenvalue weighted by molar-refractivity contribution is 0.261. The number of carbonyl (C=O) groups is 1. The molecule has 0 heterocycles. The summed E-state index contributed by atoms with van der Waals surface area (Å²) < 4.78 is 5.68. The number of rotatable bonds is 6. The first kappa shape index (κ1) is 16.2. The van der Waals surface area contributed by atoms with E-state index in [1.54, 1.807) is 24.3 Å². The van der Waals surface area contributed by atoms with Crippen molar-refractivity contribution in [2.24, 2.45) is 0 Å². The second kappa shape index (κ2) is 8.29. The highest BCUT2D eigenvalue weighted by Crippen LogP contribution is 2.24. The molecule has 4 nitrogen and oxygen atoms in total. The van der Waals surface area contributed by atoms with E-state index in [4.69, 9.17) is 16.3 Å². The molecule has 0 saturated carbocycles. The largest absolute Gasteiger partial charge is 0.491 e. The van der Waals surface area contributed by atoms with Gasteiger partial charge in [-0.25, -0.2) is 4.79 Å². The van der Waals surface area contributed by atoms with Gasteiger partial charge in [-0.2, -0.15) is 0 Å². The number of ether oxygens (including phenoxy) is 1. The molecule has 2 rings (SSSR count). The summed E-state index contributed by atoms with van der Waals surface area (Å²) in [6.45, 7) is 2.74. The van der Waals surface area contributed by atoms with Gasteiger partial charge in [0, 0.05) is 10.7 Å². The zero-order valence-electron chi connectivity index (χ0n) is 12.4. The van der Waals surface area contributed by atoms with Crippen molar-refractivity contribution in [2.45, 2.75) is 19.8 Å². The van der Waals surface area contributed by atoms with Crippen LogP contribution < -0.4 is 15.4 Å². The lowest BCUT2D eigenvalue weighted by Crippen LogP contribution is -2.19. The number of benzene rings is 2. The zero-order chi connectivity index (χ0) is 15.8. The molecule has 0 atom stereocenters. The molecule has 0 saturated heterocycles. The molecule has 2 N–H and O–H groups in total. The van der Waals surface area contributed by atoms with E-state index in [-0.39, 0.29) is 6.03 Å². The summed E-state index contributed by atoms with van der Waals surface area (Å²) in [7, 11) is 0. The van der Waals surface area contributed by atoms with E-state index in [1.165, 1.54) is 0 Å². The minimum Gasteiger partial charge on any atom is -0.491 e. The highest BCUT2D eigenvalue weighted by Gasteiger charge is 2.07. The number of nitrogens with one attached hydrogen (secondary N) is 2. The van der Waals surface area contributed by atoms with Crippen molar-refractivity contribution in [1.29, 1.82) is 0 Å². The van der Waals surface area contributed by atoms with Gasteiger partial charge in [-0.05, 0) is 42.8 Å². The summed E-state index contributed by atoms with van der Waals surface area (Å²) in [4.78, 5) is 12.0. The smallest absolute Gasteiger partial charge is 0.323 e. The van der Waals surface area contributed by atoms with E-state index in [9.17, 15) is 4.79 Å². The number of unbranched alkanes of at least 4 members (excludes halogenated alkanes) is 1. The number of halogens is 1. The molecule has 2 amide bonds. The third-order valence-electron chi connectivity index (χ3n) is 2.99. The number of hydrogen-bond acceptors (Lipinski definition) is 2. The Hall–Kier alpha value is -2.20. The fourth-order valence-corrected chi connectivity index (χ4v) is 1.97. The van der Waals surface area contributed by atoms with Crippen LogP contribution in [0.4, 0.5) is 16.2 Å². The van der Waals surface area contributed by atoms with Crippen molar-refractivity contribution in [2.75, 3.05) is 17.2 Å². The average Bonchev–Trinajstić information content (AvgIpc) is 2.51. The molecule has 0 unspecified atom stereocenters. The van der Waals surface area contributed by atoms with Crippen molar-refractivity contribution in [3.8, 4) is 5.75 Å². The summed E-state index contributed by atoms with van der Waals surface area (Å²) in [6.07, 6.45) is 2.04. The lowest BCUT2D eigenvalue weighted by atomic mass is 10.3. The second-order valence-corrected chi connectivity index (χ2v) is 5.22. The molecule has 0 bridgehead atoms. The molecule has 0 aliphatic rings. The van der Waals surface area contributed by atoms with Crippen LogP contribution in [0.25, 0.3) is 0 Å². The van der Waals surface area contributed by atoms with E-state index < -0.39 is 0 Å². The van der Waals surface area contributed by atoms with Crippen molar-refractivity contribution in [3.63, 3.8) is 0 Å². The lowest BCUT2D eigenvalue weighted by Gasteiger charge is -2.13. The molecule has 0 aliphatic heterocycles. The maximum atomic E-state index is 12.0. The molecular weight excluding hydrogens is 300 g/mol. The quantitative estimate of drug-likeness (QED) is 0.722. The van der Waals surface area contributed by atoms with Gasteiger partial charge in [-0.3, -0.25) is 0 Å². The number of carbonyl (C=O) groups excluding carboxylic acids is 1. The van der Waals surface area contributed by atoms with Crippen LogP contribution in [0.3, 0.4) is 0 Å². The molecule has 0 aromatic heterocycles. The Balaban J connectivity index is 1.97. The summed E-state index contributed by atoms with van der Waals surface area (Å²) in [6, 6.07) is 14.0. The third-order valence-corrected chi connectivity index (χ3v) is 3.24. The highest BCUT2D eigenvalue weighted by molar-refractivity contribution is 6.30. The maximum absolute atomic E-state index is 12.0. The number of urea groups is 1. The normalized spacial score (nSPS) is 10.1.